The van der Waals surface area contributed by atoms with Gasteiger partial charge in [0, 0.05) is 24.4 Å². The van der Waals surface area contributed by atoms with Crippen LogP contribution in [0.3, 0.4) is 0 Å². The smallest absolute Gasteiger partial charge is 0.234 e. The lowest BCUT2D eigenvalue weighted by Gasteiger charge is -2.45. The van der Waals surface area contributed by atoms with Crippen molar-refractivity contribution < 1.29 is 4.79 Å². The topological polar surface area (TPSA) is 32.3 Å². The summed E-state index contributed by atoms with van der Waals surface area (Å²) < 4.78 is 0. The lowest BCUT2D eigenvalue weighted by Crippen LogP contribution is -2.43. The Morgan fingerprint density at radius 2 is 1.58 bits per heavy atom. The molecular formula is C23H28N2O. The number of hydrogen-bond acceptors (Lipinski definition) is 2. The minimum absolute atomic E-state index is 0.129. The van der Waals surface area contributed by atoms with Crippen LogP contribution in [0.5, 0.6) is 0 Å². The summed E-state index contributed by atoms with van der Waals surface area (Å²) in [6.07, 6.45) is 1.12. The first-order valence-electron chi connectivity index (χ1n) is 9.71. The first-order valence-corrected chi connectivity index (χ1v) is 9.71. The van der Waals surface area contributed by atoms with Gasteiger partial charge in [0.25, 0.3) is 0 Å². The molecular weight excluding hydrogens is 320 g/mol. The molecule has 1 N–H and O–H groups in total. The second-order valence-corrected chi connectivity index (χ2v) is 8.10. The molecule has 0 saturated carbocycles. The zero-order chi connectivity index (χ0) is 18.3. The summed E-state index contributed by atoms with van der Waals surface area (Å²) in [5.41, 5.74) is 5.89. The third-order valence-electron chi connectivity index (χ3n) is 6.26. The van der Waals surface area contributed by atoms with E-state index in [2.05, 4.69) is 72.6 Å². The number of amides is 1. The monoisotopic (exact) mass is 348 g/mol. The zero-order valence-corrected chi connectivity index (χ0v) is 15.9. The summed E-state index contributed by atoms with van der Waals surface area (Å²) in [5, 5.41) is 3.20. The summed E-state index contributed by atoms with van der Waals surface area (Å²) >= 11 is 0. The standard InChI is InChI=1S/C23H28N2O/c1-15(2)25(3)14-22(26)24-13-16-12-21-17-8-4-6-10-19(17)23(16)20-11-7-5-9-18(20)21/h4-11,15-16,21,23H,12-14H2,1-3H3,(H,24,26)/t16-,21?,23?/m1/s1. The van der Waals surface area contributed by atoms with Crippen LogP contribution in [0.25, 0.3) is 0 Å². The highest BCUT2D eigenvalue weighted by Crippen LogP contribution is 2.55. The van der Waals surface area contributed by atoms with E-state index in [1.807, 2.05) is 7.05 Å². The van der Waals surface area contributed by atoms with Crippen LogP contribution in [-0.2, 0) is 4.79 Å². The molecule has 3 aliphatic rings. The molecule has 2 aromatic rings. The highest BCUT2D eigenvalue weighted by molar-refractivity contribution is 5.78. The quantitative estimate of drug-likeness (QED) is 0.893. The van der Waals surface area contributed by atoms with Gasteiger partial charge in [-0.2, -0.15) is 0 Å². The number of fused-ring (bicyclic) bond motifs is 1. The maximum atomic E-state index is 12.3. The second-order valence-electron chi connectivity index (χ2n) is 8.10. The predicted molar refractivity (Wildman–Crippen MR) is 105 cm³/mol. The first kappa shape index (κ1) is 17.3. The van der Waals surface area contributed by atoms with Crippen LogP contribution in [-0.4, -0.2) is 37.0 Å². The van der Waals surface area contributed by atoms with Crippen molar-refractivity contribution in [1.82, 2.24) is 10.2 Å². The molecule has 1 atom stereocenters. The van der Waals surface area contributed by atoms with Crippen molar-refractivity contribution in [2.45, 2.75) is 38.1 Å². The normalized spacial score (nSPS) is 23.0. The Morgan fingerprint density at radius 3 is 2.12 bits per heavy atom. The molecule has 0 aromatic heterocycles. The van der Waals surface area contributed by atoms with Gasteiger partial charge in [-0.3, -0.25) is 9.69 Å². The van der Waals surface area contributed by atoms with E-state index in [1.165, 1.54) is 22.3 Å². The van der Waals surface area contributed by atoms with Crippen LogP contribution in [0.1, 0.15) is 54.4 Å². The average molecular weight is 348 g/mol. The molecule has 0 radical (unpaired) electrons. The maximum Gasteiger partial charge on any atom is 0.234 e. The Labute approximate surface area is 156 Å². The van der Waals surface area contributed by atoms with Crippen molar-refractivity contribution >= 4 is 5.91 Å². The summed E-state index contributed by atoms with van der Waals surface area (Å²) in [6.45, 7) is 5.45. The van der Waals surface area contributed by atoms with Crippen molar-refractivity contribution in [3.8, 4) is 0 Å². The van der Waals surface area contributed by atoms with Gasteiger partial charge in [-0.15, -0.1) is 0 Å². The second kappa shape index (κ2) is 6.88. The minimum Gasteiger partial charge on any atom is -0.355 e. The molecule has 1 amide bonds. The largest absolute Gasteiger partial charge is 0.355 e. The van der Waals surface area contributed by atoms with E-state index in [0.717, 1.165) is 13.0 Å². The van der Waals surface area contributed by atoms with Crippen LogP contribution in [0.15, 0.2) is 48.5 Å². The Kier molecular flexibility index (Phi) is 4.58. The SMILES string of the molecule is CC(C)N(C)CC(=O)NC[C@H]1CC2c3ccccc3C1c1ccccc12. The van der Waals surface area contributed by atoms with Gasteiger partial charge in [0.05, 0.1) is 6.54 Å². The van der Waals surface area contributed by atoms with E-state index in [4.69, 9.17) is 0 Å². The number of nitrogens with one attached hydrogen (secondary N) is 1. The van der Waals surface area contributed by atoms with Gasteiger partial charge in [0.15, 0.2) is 0 Å². The Hall–Kier alpha value is -2.13. The number of carbonyl (C=O) groups is 1. The summed E-state index contributed by atoms with van der Waals surface area (Å²) in [5.74, 6) is 1.46. The van der Waals surface area contributed by atoms with Gasteiger partial charge in [0.2, 0.25) is 5.91 Å². The lowest BCUT2D eigenvalue weighted by molar-refractivity contribution is -0.122. The average Bonchev–Trinajstić information content (AvgIpc) is 2.66. The van der Waals surface area contributed by atoms with E-state index < -0.39 is 0 Å². The van der Waals surface area contributed by atoms with Gasteiger partial charge in [0.1, 0.15) is 0 Å². The number of likely N-dealkylation sites (N-methyl/N-ethyl adjacent to an activating group) is 1. The fourth-order valence-corrected chi connectivity index (χ4v) is 4.67. The van der Waals surface area contributed by atoms with Crippen LogP contribution >= 0.6 is 0 Å². The van der Waals surface area contributed by atoms with Crippen molar-refractivity contribution in [2.75, 3.05) is 20.1 Å². The Morgan fingerprint density at radius 1 is 1.04 bits per heavy atom. The molecule has 136 valence electrons. The fraction of sp³-hybridized carbons (Fsp3) is 0.435. The first-order chi connectivity index (χ1) is 12.6. The van der Waals surface area contributed by atoms with E-state index in [0.29, 0.717) is 30.3 Å². The minimum atomic E-state index is 0.129. The van der Waals surface area contributed by atoms with Gasteiger partial charge in [-0.25, -0.2) is 0 Å². The van der Waals surface area contributed by atoms with E-state index >= 15 is 0 Å². The van der Waals surface area contributed by atoms with E-state index in [-0.39, 0.29) is 5.91 Å². The van der Waals surface area contributed by atoms with E-state index in [1.54, 1.807) is 0 Å². The zero-order valence-electron chi connectivity index (χ0n) is 15.9. The molecule has 26 heavy (non-hydrogen) atoms. The fourth-order valence-electron chi connectivity index (χ4n) is 4.67. The van der Waals surface area contributed by atoms with Crippen LogP contribution in [0.2, 0.25) is 0 Å². The van der Waals surface area contributed by atoms with Gasteiger partial charge in [-0.05, 0) is 55.5 Å². The summed E-state index contributed by atoms with van der Waals surface area (Å²) in [7, 11) is 2.00. The van der Waals surface area contributed by atoms with Crippen molar-refractivity contribution in [2.24, 2.45) is 5.92 Å². The molecule has 3 heteroatoms. The molecule has 5 rings (SSSR count). The number of rotatable bonds is 5. The van der Waals surface area contributed by atoms with Gasteiger partial charge >= 0.3 is 0 Å². The molecule has 0 spiro atoms. The van der Waals surface area contributed by atoms with Crippen molar-refractivity contribution in [3.05, 3.63) is 70.8 Å². The highest BCUT2D eigenvalue weighted by Gasteiger charge is 2.42. The Bertz CT molecular complexity index is 766. The van der Waals surface area contributed by atoms with Gasteiger partial charge < -0.3 is 5.32 Å². The van der Waals surface area contributed by atoms with Crippen LogP contribution in [0, 0.1) is 5.92 Å². The molecule has 2 bridgehead atoms. The highest BCUT2D eigenvalue weighted by atomic mass is 16.2. The molecule has 3 nitrogen and oxygen atoms in total. The molecule has 2 aromatic carbocycles. The molecule has 3 aliphatic carbocycles. The predicted octanol–water partition coefficient (Wildman–Crippen LogP) is 3.74. The molecule has 0 fully saturated rings. The summed E-state index contributed by atoms with van der Waals surface area (Å²) in [4.78, 5) is 14.4. The summed E-state index contributed by atoms with van der Waals surface area (Å²) in [6, 6.07) is 18.1. The van der Waals surface area contributed by atoms with Gasteiger partial charge in [-0.1, -0.05) is 48.5 Å². The van der Waals surface area contributed by atoms with Crippen molar-refractivity contribution in [1.29, 1.82) is 0 Å². The lowest BCUT2D eigenvalue weighted by atomic mass is 9.59. The number of hydrogen-bond donors (Lipinski definition) is 1. The maximum absolute atomic E-state index is 12.3. The third-order valence-corrected chi connectivity index (χ3v) is 6.26. The molecule has 0 heterocycles. The van der Waals surface area contributed by atoms with Crippen LogP contribution < -0.4 is 5.32 Å². The Balaban J connectivity index is 1.54. The number of nitrogens with zero attached hydrogens (tertiary/aromatic N) is 1. The molecule has 0 aliphatic heterocycles. The third kappa shape index (κ3) is 2.95. The van der Waals surface area contributed by atoms with E-state index in [9.17, 15) is 4.79 Å². The molecule has 0 saturated heterocycles. The van der Waals surface area contributed by atoms with Crippen molar-refractivity contribution in [3.63, 3.8) is 0 Å². The number of carbonyl (C=O) groups excluding carboxylic acids is 1. The number of benzene rings is 2. The van der Waals surface area contributed by atoms with Crippen LogP contribution in [0.4, 0.5) is 0 Å². The molecule has 0 unspecified atom stereocenters.